The smallest absolute Gasteiger partial charge is 0.132 e. The predicted molar refractivity (Wildman–Crippen MR) is 105 cm³/mol. The molecular weight excluding hydrogens is 340 g/mol. The Morgan fingerprint density at radius 3 is 2.85 bits per heavy atom. The molecule has 140 valence electrons. The lowest BCUT2D eigenvalue weighted by Crippen LogP contribution is -2.29. The molecule has 27 heavy (non-hydrogen) atoms. The van der Waals surface area contributed by atoms with Crippen LogP contribution in [0.5, 0.6) is 5.75 Å². The number of fused-ring (bicyclic) bond motifs is 1. The van der Waals surface area contributed by atoms with Crippen LogP contribution in [-0.4, -0.2) is 44.4 Å². The third-order valence-corrected chi connectivity index (χ3v) is 5.65. The van der Waals surface area contributed by atoms with Gasteiger partial charge in [0.2, 0.25) is 0 Å². The molecule has 2 aromatic heterocycles. The first-order valence-corrected chi connectivity index (χ1v) is 9.53. The van der Waals surface area contributed by atoms with Gasteiger partial charge in [-0.05, 0) is 51.3 Å². The van der Waals surface area contributed by atoms with Crippen molar-refractivity contribution in [2.24, 2.45) is 5.73 Å². The number of nitrogens with one attached hydrogen (secondary N) is 1. The Hall–Kier alpha value is -2.67. The first kappa shape index (κ1) is 16.5. The van der Waals surface area contributed by atoms with Crippen molar-refractivity contribution in [1.29, 1.82) is 0 Å². The fraction of sp³-hybridized carbons (Fsp3) is 0.450. The van der Waals surface area contributed by atoms with Gasteiger partial charge in [-0.2, -0.15) is 5.10 Å². The SMILES string of the molecule is CC1C[C@@H](N)CN1c1cc(-c2n[nH]c3ccc(OC4(C)CC4)cc23)ncn1. The minimum atomic E-state index is -0.00960. The molecule has 5 rings (SSSR count). The zero-order valence-electron chi connectivity index (χ0n) is 15.6. The first-order chi connectivity index (χ1) is 13.0. The highest BCUT2D eigenvalue weighted by atomic mass is 16.5. The minimum Gasteiger partial charge on any atom is -0.488 e. The zero-order valence-corrected chi connectivity index (χ0v) is 15.6. The molecule has 2 atom stereocenters. The van der Waals surface area contributed by atoms with E-state index in [-0.39, 0.29) is 11.6 Å². The molecule has 1 unspecified atom stereocenters. The molecular formula is C20H24N6O. The van der Waals surface area contributed by atoms with Gasteiger partial charge in [-0.1, -0.05) is 0 Å². The first-order valence-electron chi connectivity index (χ1n) is 9.53. The van der Waals surface area contributed by atoms with Crippen molar-refractivity contribution < 1.29 is 4.74 Å². The summed E-state index contributed by atoms with van der Waals surface area (Å²) in [5.41, 5.74) is 8.69. The lowest BCUT2D eigenvalue weighted by atomic mass is 10.1. The minimum absolute atomic E-state index is 0.00960. The highest BCUT2D eigenvalue weighted by Gasteiger charge is 2.40. The highest BCUT2D eigenvalue weighted by molar-refractivity contribution is 5.93. The van der Waals surface area contributed by atoms with E-state index in [1.54, 1.807) is 6.33 Å². The van der Waals surface area contributed by atoms with Crippen molar-refractivity contribution in [3.63, 3.8) is 0 Å². The summed E-state index contributed by atoms with van der Waals surface area (Å²) in [6.45, 7) is 5.14. The van der Waals surface area contributed by atoms with Crippen molar-refractivity contribution in [2.45, 2.75) is 50.8 Å². The Labute approximate surface area is 157 Å². The molecule has 1 aliphatic carbocycles. The van der Waals surface area contributed by atoms with Gasteiger partial charge < -0.3 is 15.4 Å². The van der Waals surface area contributed by atoms with Gasteiger partial charge in [0.15, 0.2) is 0 Å². The number of nitrogens with two attached hydrogens (primary N) is 1. The van der Waals surface area contributed by atoms with Gasteiger partial charge in [0, 0.05) is 30.1 Å². The summed E-state index contributed by atoms with van der Waals surface area (Å²) in [6.07, 6.45) is 4.79. The lowest BCUT2D eigenvalue weighted by Gasteiger charge is -2.22. The summed E-state index contributed by atoms with van der Waals surface area (Å²) >= 11 is 0. The van der Waals surface area contributed by atoms with Crippen LogP contribution in [0.4, 0.5) is 5.82 Å². The molecule has 2 aliphatic rings. The van der Waals surface area contributed by atoms with Crippen LogP contribution in [0.25, 0.3) is 22.3 Å². The van der Waals surface area contributed by atoms with E-state index in [2.05, 4.69) is 38.9 Å². The number of benzene rings is 1. The Morgan fingerprint density at radius 1 is 1.26 bits per heavy atom. The predicted octanol–water partition coefficient (Wildman–Crippen LogP) is 2.88. The van der Waals surface area contributed by atoms with Gasteiger partial charge in [0.25, 0.3) is 0 Å². The van der Waals surface area contributed by atoms with E-state index in [0.29, 0.717) is 6.04 Å². The van der Waals surface area contributed by atoms with E-state index in [9.17, 15) is 0 Å². The van der Waals surface area contributed by atoms with Crippen LogP contribution >= 0.6 is 0 Å². The molecule has 1 aliphatic heterocycles. The van der Waals surface area contributed by atoms with E-state index < -0.39 is 0 Å². The van der Waals surface area contributed by atoms with Gasteiger partial charge in [0.05, 0.1) is 11.2 Å². The van der Waals surface area contributed by atoms with Crippen LogP contribution in [0.2, 0.25) is 0 Å². The summed E-state index contributed by atoms with van der Waals surface area (Å²) in [4.78, 5) is 11.2. The summed E-state index contributed by atoms with van der Waals surface area (Å²) in [5.74, 6) is 1.77. The molecule has 7 heteroatoms. The molecule has 0 bridgehead atoms. The molecule has 1 saturated carbocycles. The standard InChI is InChI=1S/C20H24N6O/c1-12-7-13(21)10-26(12)18-9-17(22-11-23-18)19-15-8-14(27-20(2)5-6-20)3-4-16(15)24-25-19/h3-4,8-9,11-13H,5-7,10,21H2,1-2H3,(H,24,25)/t12?,13-/m1/s1. The molecule has 1 saturated heterocycles. The van der Waals surface area contributed by atoms with Gasteiger partial charge in [-0.15, -0.1) is 0 Å². The average Bonchev–Trinajstić information content (AvgIpc) is 3.08. The molecule has 1 aromatic carbocycles. The number of nitrogens with zero attached hydrogens (tertiary/aromatic N) is 4. The van der Waals surface area contributed by atoms with Gasteiger partial charge in [0.1, 0.15) is 29.2 Å². The van der Waals surface area contributed by atoms with Crippen molar-refractivity contribution >= 4 is 16.7 Å². The second-order valence-corrected chi connectivity index (χ2v) is 8.09. The maximum atomic E-state index is 6.12. The number of H-pyrrole nitrogens is 1. The fourth-order valence-corrected chi connectivity index (χ4v) is 3.84. The van der Waals surface area contributed by atoms with Crippen molar-refractivity contribution in [1.82, 2.24) is 20.2 Å². The van der Waals surface area contributed by atoms with Crippen molar-refractivity contribution in [3.05, 3.63) is 30.6 Å². The number of aromatic nitrogens is 4. The average molecular weight is 364 g/mol. The quantitative estimate of drug-likeness (QED) is 0.739. The number of ether oxygens (including phenoxy) is 1. The molecule has 3 heterocycles. The Morgan fingerprint density at radius 2 is 2.11 bits per heavy atom. The van der Waals surface area contributed by atoms with Crippen LogP contribution in [0, 0.1) is 0 Å². The van der Waals surface area contributed by atoms with E-state index in [1.807, 2.05) is 24.3 Å². The van der Waals surface area contributed by atoms with Crippen LogP contribution < -0.4 is 15.4 Å². The monoisotopic (exact) mass is 364 g/mol. The van der Waals surface area contributed by atoms with E-state index in [4.69, 9.17) is 10.5 Å². The number of rotatable bonds is 4. The van der Waals surface area contributed by atoms with Crippen LogP contribution in [-0.2, 0) is 0 Å². The molecule has 0 radical (unpaired) electrons. The van der Waals surface area contributed by atoms with E-state index in [0.717, 1.165) is 59.7 Å². The number of anilines is 1. The summed E-state index contributed by atoms with van der Waals surface area (Å²) in [5, 5.41) is 8.61. The normalized spacial score (nSPS) is 23.7. The largest absolute Gasteiger partial charge is 0.488 e. The Bertz CT molecular complexity index is 995. The molecule has 2 fully saturated rings. The maximum absolute atomic E-state index is 6.12. The number of hydrogen-bond acceptors (Lipinski definition) is 6. The lowest BCUT2D eigenvalue weighted by molar-refractivity contribution is 0.200. The summed E-state index contributed by atoms with van der Waals surface area (Å²) in [7, 11) is 0. The summed E-state index contributed by atoms with van der Waals surface area (Å²) < 4.78 is 6.12. The molecule has 0 spiro atoms. The van der Waals surface area contributed by atoms with E-state index >= 15 is 0 Å². The van der Waals surface area contributed by atoms with Gasteiger partial charge in [-0.3, -0.25) is 5.10 Å². The third kappa shape index (κ3) is 3.02. The van der Waals surface area contributed by atoms with Crippen molar-refractivity contribution in [2.75, 3.05) is 11.4 Å². The Balaban J connectivity index is 1.51. The van der Waals surface area contributed by atoms with Crippen LogP contribution in [0.3, 0.4) is 0 Å². The second kappa shape index (κ2) is 5.92. The highest BCUT2D eigenvalue weighted by Crippen LogP contribution is 2.40. The maximum Gasteiger partial charge on any atom is 0.132 e. The van der Waals surface area contributed by atoms with Crippen molar-refractivity contribution in [3.8, 4) is 17.1 Å². The van der Waals surface area contributed by atoms with Crippen LogP contribution in [0.15, 0.2) is 30.6 Å². The third-order valence-electron chi connectivity index (χ3n) is 5.65. The topological polar surface area (TPSA) is 93.0 Å². The van der Waals surface area contributed by atoms with Gasteiger partial charge in [-0.25, -0.2) is 9.97 Å². The molecule has 3 N–H and O–H groups in total. The zero-order chi connectivity index (χ0) is 18.6. The number of aromatic amines is 1. The van der Waals surface area contributed by atoms with Crippen LogP contribution in [0.1, 0.15) is 33.1 Å². The second-order valence-electron chi connectivity index (χ2n) is 8.09. The summed E-state index contributed by atoms with van der Waals surface area (Å²) in [6, 6.07) is 8.61. The molecule has 3 aromatic rings. The molecule has 7 nitrogen and oxygen atoms in total. The fourth-order valence-electron chi connectivity index (χ4n) is 3.84. The molecule has 0 amide bonds. The Kier molecular flexibility index (Phi) is 3.62. The van der Waals surface area contributed by atoms with Gasteiger partial charge >= 0.3 is 0 Å². The van der Waals surface area contributed by atoms with E-state index in [1.165, 1.54) is 0 Å². The number of hydrogen-bond donors (Lipinski definition) is 2.